The smallest absolute Gasteiger partial charge is 0.251 e. The van der Waals surface area contributed by atoms with Crippen LogP contribution in [0.4, 0.5) is 24.8 Å². The molecule has 5 nitrogen and oxygen atoms in total. The number of hydrogen-bond donors (Lipinski definition) is 0. The summed E-state index contributed by atoms with van der Waals surface area (Å²) in [5.74, 6) is -3.34. The lowest BCUT2D eigenvalue weighted by molar-refractivity contribution is -0.0222. The van der Waals surface area contributed by atoms with Crippen molar-refractivity contribution in [3.05, 3.63) is 28.4 Å². The molecule has 0 saturated carbocycles. The number of aromatic nitrogens is 1. The molecule has 0 N–H and O–H groups in total. The highest BCUT2D eigenvalue weighted by molar-refractivity contribution is 5.46. The number of nitrogens with zero attached hydrogens (tertiary/aromatic N) is 5. The predicted octanol–water partition coefficient (Wildman–Crippen LogP) is 3.40. The molecule has 2 rings (SSSR count). The van der Waals surface area contributed by atoms with E-state index in [1.54, 1.807) is 0 Å². The Bertz CT molecular complexity index is 488. The predicted molar refractivity (Wildman–Crippen MR) is 59.4 cm³/mol. The van der Waals surface area contributed by atoms with Gasteiger partial charge in [-0.15, -0.1) is 0 Å². The molecule has 0 amide bonds. The summed E-state index contributed by atoms with van der Waals surface area (Å²) in [6.07, 6.45) is -0.667. The van der Waals surface area contributed by atoms with Gasteiger partial charge >= 0.3 is 0 Å². The Balaban J connectivity index is 2.23. The molecular weight excluding hydrogens is 247 g/mol. The molecule has 1 aromatic heterocycles. The summed E-state index contributed by atoms with van der Waals surface area (Å²) in [5.41, 5.74) is 8.27. The number of alkyl halides is 2. The third-order valence-electron chi connectivity index (χ3n) is 2.75. The Morgan fingerprint density at radius 1 is 1.33 bits per heavy atom. The van der Waals surface area contributed by atoms with Crippen LogP contribution >= 0.6 is 0 Å². The van der Waals surface area contributed by atoms with Crippen LogP contribution in [0.2, 0.25) is 0 Å². The molecule has 1 saturated heterocycles. The third kappa shape index (κ3) is 2.65. The lowest BCUT2D eigenvalue weighted by Crippen LogP contribution is -2.40. The molecule has 0 radical (unpaired) electrons. The first-order valence-corrected chi connectivity index (χ1v) is 5.36. The summed E-state index contributed by atoms with van der Waals surface area (Å²) in [4.78, 5) is 7.80. The molecule has 0 aromatic carbocycles. The largest absolute Gasteiger partial charge is 0.354 e. The van der Waals surface area contributed by atoms with Gasteiger partial charge in [-0.05, 0) is 22.8 Å². The van der Waals surface area contributed by atoms with Crippen molar-refractivity contribution < 1.29 is 13.2 Å². The van der Waals surface area contributed by atoms with E-state index in [-0.39, 0.29) is 37.6 Å². The van der Waals surface area contributed by atoms with Crippen LogP contribution in [0.25, 0.3) is 10.4 Å². The lowest BCUT2D eigenvalue weighted by atomic mass is 10.1. The van der Waals surface area contributed by atoms with E-state index in [0.29, 0.717) is 0 Å². The van der Waals surface area contributed by atoms with Crippen molar-refractivity contribution in [2.24, 2.45) is 5.11 Å². The van der Waals surface area contributed by atoms with E-state index in [2.05, 4.69) is 15.0 Å². The number of halogens is 3. The Morgan fingerprint density at radius 2 is 2.00 bits per heavy atom. The van der Waals surface area contributed by atoms with Gasteiger partial charge in [0, 0.05) is 30.8 Å². The molecule has 96 valence electrons. The van der Waals surface area contributed by atoms with E-state index < -0.39 is 11.7 Å². The molecule has 1 aliphatic rings. The van der Waals surface area contributed by atoms with Crippen LogP contribution in [0.15, 0.2) is 17.2 Å². The van der Waals surface area contributed by atoms with Gasteiger partial charge in [-0.1, -0.05) is 0 Å². The fraction of sp³-hybridized carbons (Fsp3) is 0.500. The maximum absolute atomic E-state index is 13.6. The molecule has 18 heavy (non-hydrogen) atoms. The molecule has 0 unspecified atom stereocenters. The molecule has 1 fully saturated rings. The van der Waals surface area contributed by atoms with E-state index in [1.807, 2.05) is 0 Å². The van der Waals surface area contributed by atoms with Crippen molar-refractivity contribution in [2.45, 2.75) is 18.8 Å². The zero-order valence-corrected chi connectivity index (χ0v) is 9.35. The fourth-order valence-corrected chi connectivity index (χ4v) is 1.79. The second-order valence-corrected chi connectivity index (χ2v) is 4.01. The van der Waals surface area contributed by atoms with E-state index >= 15 is 0 Å². The van der Waals surface area contributed by atoms with Gasteiger partial charge in [-0.2, -0.15) is 0 Å². The Morgan fingerprint density at radius 3 is 2.61 bits per heavy atom. The fourth-order valence-electron chi connectivity index (χ4n) is 1.79. The van der Waals surface area contributed by atoms with Gasteiger partial charge in [0.1, 0.15) is 5.82 Å². The summed E-state index contributed by atoms with van der Waals surface area (Å²) in [6, 6.07) is 2.34. The minimum Gasteiger partial charge on any atom is -0.354 e. The Hall–Kier alpha value is -1.95. The van der Waals surface area contributed by atoms with Gasteiger partial charge in [0.25, 0.3) is 5.92 Å². The van der Waals surface area contributed by atoms with Gasteiger partial charge in [0.05, 0.1) is 0 Å². The zero-order chi connectivity index (χ0) is 13.2. The zero-order valence-electron chi connectivity index (χ0n) is 9.35. The maximum Gasteiger partial charge on any atom is 0.251 e. The number of hydrogen-bond acceptors (Lipinski definition) is 3. The molecule has 0 spiro atoms. The SMILES string of the molecule is [N-]=[N+]=Nc1ccc(F)c(N2CCC(F)(F)CC2)n1. The van der Waals surface area contributed by atoms with Crippen molar-refractivity contribution in [1.82, 2.24) is 4.98 Å². The molecule has 0 atom stereocenters. The van der Waals surface area contributed by atoms with Crippen molar-refractivity contribution in [3.63, 3.8) is 0 Å². The minimum absolute atomic E-state index is 0.0197. The minimum atomic E-state index is -2.70. The van der Waals surface area contributed by atoms with Gasteiger partial charge in [-0.3, -0.25) is 0 Å². The highest BCUT2D eigenvalue weighted by Gasteiger charge is 2.35. The Labute approximate surface area is 101 Å². The van der Waals surface area contributed by atoms with E-state index in [9.17, 15) is 13.2 Å². The van der Waals surface area contributed by atoms with Crippen LogP contribution in [0.1, 0.15) is 12.8 Å². The monoisotopic (exact) mass is 257 g/mol. The second-order valence-electron chi connectivity index (χ2n) is 4.01. The average molecular weight is 257 g/mol. The highest BCUT2D eigenvalue weighted by atomic mass is 19.3. The standard InChI is InChI=1S/C10H10F3N5/c11-7-1-2-8(16-17-14)15-9(7)18-5-3-10(12,13)4-6-18/h1-2H,3-6H2. The van der Waals surface area contributed by atoms with Crippen LogP contribution in [0, 0.1) is 5.82 Å². The topological polar surface area (TPSA) is 64.9 Å². The van der Waals surface area contributed by atoms with E-state index in [0.717, 1.165) is 6.07 Å². The molecule has 0 bridgehead atoms. The normalized spacial score (nSPS) is 18.3. The number of azide groups is 1. The third-order valence-corrected chi connectivity index (χ3v) is 2.75. The number of anilines is 1. The summed E-state index contributed by atoms with van der Waals surface area (Å²) >= 11 is 0. The van der Waals surface area contributed by atoms with Crippen LogP contribution in [-0.4, -0.2) is 24.0 Å². The van der Waals surface area contributed by atoms with Crippen molar-refractivity contribution in [3.8, 4) is 0 Å². The second kappa shape index (κ2) is 4.73. The van der Waals surface area contributed by atoms with Crippen molar-refractivity contribution in [1.29, 1.82) is 0 Å². The lowest BCUT2D eigenvalue weighted by Gasteiger charge is -2.32. The molecule has 1 aliphatic heterocycles. The Kier molecular flexibility index (Phi) is 3.29. The summed E-state index contributed by atoms with van der Waals surface area (Å²) in [6.45, 7) is 0.0489. The summed E-state index contributed by atoms with van der Waals surface area (Å²) in [5, 5.41) is 3.26. The number of rotatable bonds is 2. The number of piperidine rings is 1. The van der Waals surface area contributed by atoms with Crippen molar-refractivity contribution >= 4 is 11.6 Å². The van der Waals surface area contributed by atoms with Crippen LogP contribution < -0.4 is 4.90 Å². The highest BCUT2D eigenvalue weighted by Crippen LogP contribution is 2.31. The van der Waals surface area contributed by atoms with Gasteiger partial charge < -0.3 is 4.90 Å². The van der Waals surface area contributed by atoms with Crippen LogP contribution in [-0.2, 0) is 0 Å². The molecule has 1 aromatic rings. The average Bonchev–Trinajstić information content (AvgIpc) is 2.32. The van der Waals surface area contributed by atoms with E-state index in [1.165, 1.54) is 11.0 Å². The van der Waals surface area contributed by atoms with Crippen molar-refractivity contribution in [2.75, 3.05) is 18.0 Å². The van der Waals surface area contributed by atoms with Gasteiger partial charge in [0.2, 0.25) is 0 Å². The van der Waals surface area contributed by atoms with Gasteiger partial charge in [0.15, 0.2) is 11.6 Å². The molecule has 8 heteroatoms. The maximum atomic E-state index is 13.6. The van der Waals surface area contributed by atoms with Crippen LogP contribution in [0.5, 0.6) is 0 Å². The quantitative estimate of drug-likeness (QED) is 0.463. The number of pyridine rings is 1. The summed E-state index contributed by atoms with van der Waals surface area (Å²) < 4.78 is 39.5. The van der Waals surface area contributed by atoms with Gasteiger partial charge in [-0.25, -0.2) is 18.2 Å². The summed E-state index contributed by atoms with van der Waals surface area (Å²) in [7, 11) is 0. The molecule has 0 aliphatic carbocycles. The molecule has 2 heterocycles. The first-order valence-electron chi connectivity index (χ1n) is 5.36. The first kappa shape index (κ1) is 12.5. The van der Waals surface area contributed by atoms with E-state index in [4.69, 9.17) is 5.53 Å². The molecular formula is C10H10F3N5. The van der Waals surface area contributed by atoms with Crippen LogP contribution in [0.3, 0.4) is 0 Å². The first-order chi connectivity index (χ1) is 8.52.